The Morgan fingerprint density at radius 2 is 1.59 bits per heavy atom. The second-order valence-electron chi connectivity index (χ2n) is 8.14. The van der Waals surface area contributed by atoms with E-state index >= 15 is 0 Å². The fraction of sp³-hybridized carbons (Fsp3) is 1.00. The Balaban J connectivity index is 2.22. The minimum atomic E-state index is -0.484. The predicted octanol–water partition coefficient (Wildman–Crippen LogP) is 3.66. The monoisotopic (exact) mass is 331 g/mol. The van der Waals surface area contributed by atoms with Gasteiger partial charge in [0.1, 0.15) is 0 Å². The fourth-order valence-electron chi connectivity index (χ4n) is 4.15. The standard InChI is InChI=1S/C17H33NO3S/c1-7-16(8-2)10-17(9-14(3,4)18(16)22)20-12-15(5,11-19-6)13-21-17/h22H,7-13H2,1-6H3. The molecule has 2 saturated heterocycles. The third-order valence-electron chi connectivity index (χ3n) is 5.50. The molecule has 5 heteroatoms. The van der Waals surface area contributed by atoms with Crippen molar-refractivity contribution < 1.29 is 14.2 Å². The van der Waals surface area contributed by atoms with Gasteiger partial charge in [0, 0.05) is 36.4 Å². The number of hydrogen-bond acceptors (Lipinski definition) is 5. The first-order valence-corrected chi connectivity index (χ1v) is 8.83. The van der Waals surface area contributed by atoms with Gasteiger partial charge < -0.3 is 14.2 Å². The van der Waals surface area contributed by atoms with Crippen LogP contribution < -0.4 is 0 Å². The molecule has 0 aromatic carbocycles. The maximum Gasteiger partial charge on any atom is 0.171 e. The molecule has 0 aliphatic carbocycles. The Morgan fingerprint density at radius 3 is 2.05 bits per heavy atom. The van der Waals surface area contributed by atoms with E-state index < -0.39 is 5.79 Å². The van der Waals surface area contributed by atoms with Crippen LogP contribution in [0.1, 0.15) is 60.3 Å². The average Bonchev–Trinajstić information content (AvgIpc) is 2.47. The summed E-state index contributed by atoms with van der Waals surface area (Å²) >= 11 is 4.86. The Labute approximate surface area is 141 Å². The second-order valence-corrected chi connectivity index (χ2v) is 8.54. The lowest BCUT2D eigenvalue weighted by Gasteiger charge is -2.60. The number of piperidine rings is 1. The molecule has 0 aromatic rings. The second kappa shape index (κ2) is 6.25. The maximum absolute atomic E-state index is 6.35. The van der Waals surface area contributed by atoms with E-state index in [1.165, 1.54) is 0 Å². The zero-order chi connectivity index (χ0) is 16.6. The van der Waals surface area contributed by atoms with Crippen molar-refractivity contribution in [3.63, 3.8) is 0 Å². The van der Waals surface area contributed by atoms with E-state index in [1.807, 2.05) is 0 Å². The highest BCUT2D eigenvalue weighted by Gasteiger charge is 2.57. The van der Waals surface area contributed by atoms with Crippen LogP contribution in [0.25, 0.3) is 0 Å². The van der Waals surface area contributed by atoms with Gasteiger partial charge in [-0.25, -0.2) is 4.31 Å². The summed E-state index contributed by atoms with van der Waals surface area (Å²) in [4.78, 5) is 0. The van der Waals surface area contributed by atoms with Crippen molar-refractivity contribution in [2.24, 2.45) is 5.41 Å². The molecule has 4 nitrogen and oxygen atoms in total. The lowest BCUT2D eigenvalue weighted by molar-refractivity contribution is -0.339. The molecular formula is C17H33NO3S. The predicted molar refractivity (Wildman–Crippen MR) is 92.1 cm³/mol. The van der Waals surface area contributed by atoms with Gasteiger partial charge in [0.25, 0.3) is 0 Å². The molecule has 0 N–H and O–H groups in total. The Morgan fingerprint density at radius 1 is 1.05 bits per heavy atom. The average molecular weight is 332 g/mol. The third-order valence-corrected chi connectivity index (χ3v) is 6.47. The van der Waals surface area contributed by atoms with Gasteiger partial charge in [-0.05, 0) is 26.7 Å². The molecule has 22 heavy (non-hydrogen) atoms. The van der Waals surface area contributed by atoms with Crippen LogP contribution in [0.15, 0.2) is 0 Å². The van der Waals surface area contributed by atoms with Gasteiger partial charge in [-0.15, -0.1) is 0 Å². The SMILES string of the molecule is CCC1(CC)CC2(CC(C)(C)N1S)OCC(C)(COC)CO2. The topological polar surface area (TPSA) is 30.9 Å². The summed E-state index contributed by atoms with van der Waals surface area (Å²) in [5.74, 6) is -0.484. The first-order valence-electron chi connectivity index (χ1n) is 8.43. The number of hydrogen-bond donors (Lipinski definition) is 1. The zero-order valence-electron chi connectivity index (χ0n) is 15.1. The summed E-state index contributed by atoms with van der Waals surface area (Å²) in [6, 6.07) is 0. The largest absolute Gasteiger partial charge is 0.384 e. The summed E-state index contributed by atoms with van der Waals surface area (Å²) in [6.07, 6.45) is 3.80. The molecule has 2 rings (SSSR count). The van der Waals surface area contributed by atoms with Gasteiger partial charge in [0.2, 0.25) is 0 Å². The molecule has 0 bridgehead atoms. The van der Waals surface area contributed by atoms with Crippen molar-refractivity contribution in [2.45, 2.75) is 77.2 Å². The molecule has 0 amide bonds. The van der Waals surface area contributed by atoms with E-state index in [-0.39, 0.29) is 16.5 Å². The number of rotatable bonds is 4. The summed E-state index contributed by atoms with van der Waals surface area (Å²) in [5, 5.41) is 0. The molecule has 0 atom stereocenters. The fourth-order valence-corrected chi connectivity index (χ4v) is 4.57. The first kappa shape index (κ1) is 18.5. The molecule has 1 spiro atoms. The molecule has 0 saturated carbocycles. The third kappa shape index (κ3) is 3.20. The smallest absolute Gasteiger partial charge is 0.171 e. The Kier molecular flexibility index (Phi) is 5.26. The van der Waals surface area contributed by atoms with Crippen molar-refractivity contribution >= 4 is 12.8 Å². The van der Waals surface area contributed by atoms with Crippen LogP contribution in [0, 0.1) is 5.41 Å². The van der Waals surface area contributed by atoms with Gasteiger partial charge in [-0.1, -0.05) is 33.6 Å². The molecule has 130 valence electrons. The summed E-state index contributed by atoms with van der Waals surface area (Å²) in [6.45, 7) is 13.1. The molecule has 0 aromatic heterocycles. The quantitative estimate of drug-likeness (QED) is 0.797. The number of nitrogens with zero attached hydrogens (tertiary/aromatic N) is 1. The summed E-state index contributed by atoms with van der Waals surface area (Å²) in [7, 11) is 1.73. The highest BCUT2D eigenvalue weighted by Crippen LogP contribution is 2.51. The van der Waals surface area contributed by atoms with Crippen molar-refractivity contribution in [2.75, 3.05) is 26.9 Å². The Bertz CT molecular complexity index is 387. The van der Waals surface area contributed by atoms with Gasteiger partial charge in [-0.3, -0.25) is 0 Å². The molecule has 2 aliphatic heterocycles. The van der Waals surface area contributed by atoms with E-state index in [4.69, 9.17) is 27.0 Å². The summed E-state index contributed by atoms with van der Waals surface area (Å²) < 4.78 is 20.3. The van der Waals surface area contributed by atoms with Crippen LogP contribution in [-0.4, -0.2) is 48.1 Å². The molecule has 2 aliphatic rings. The molecule has 0 radical (unpaired) electrons. The zero-order valence-corrected chi connectivity index (χ0v) is 16.0. The van der Waals surface area contributed by atoms with Crippen molar-refractivity contribution in [3.05, 3.63) is 0 Å². The van der Waals surface area contributed by atoms with Crippen molar-refractivity contribution in [1.82, 2.24) is 4.31 Å². The van der Waals surface area contributed by atoms with Gasteiger partial charge in [0.05, 0.1) is 19.8 Å². The van der Waals surface area contributed by atoms with Crippen LogP contribution in [0.3, 0.4) is 0 Å². The molecule has 0 unspecified atom stereocenters. The number of thiol groups is 1. The molecule has 2 heterocycles. The first-order chi connectivity index (χ1) is 10.2. The van der Waals surface area contributed by atoms with E-state index in [2.05, 4.69) is 38.9 Å². The minimum Gasteiger partial charge on any atom is -0.384 e. The number of ether oxygens (including phenoxy) is 3. The van der Waals surface area contributed by atoms with Crippen LogP contribution in [0.5, 0.6) is 0 Å². The highest BCUT2D eigenvalue weighted by atomic mass is 32.1. The van der Waals surface area contributed by atoms with Crippen LogP contribution >= 0.6 is 12.8 Å². The normalized spacial score (nSPS) is 38.3. The van der Waals surface area contributed by atoms with Gasteiger partial charge >= 0.3 is 0 Å². The van der Waals surface area contributed by atoms with Crippen LogP contribution in [-0.2, 0) is 14.2 Å². The van der Waals surface area contributed by atoms with E-state index in [0.717, 1.165) is 25.7 Å². The highest BCUT2D eigenvalue weighted by molar-refractivity contribution is 7.77. The number of methoxy groups -OCH3 is 1. The minimum absolute atomic E-state index is 0.0137. The maximum atomic E-state index is 6.35. The van der Waals surface area contributed by atoms with Crippen molar-refractivity contribution in [1.29, 1.82) is 0 Å². The van der Waals surface area contributed by atoms with Crippen LogP contribution in [0.2, 0.25) is 0 Å². The lowest BCUT2D eigenvalue weighted by Crippen LogP contribution is -2.67. The van der Waals surface area contributed by atoms with Crippen LogP contribution in [0.4, 0.5) is 0 Å². The van der Waals surface area contributed by atoms with Gasteiger partial charge in [-0.2, -0.15) is 0 Å². The van der Waals surface area contributed by atoms with E-state index in [9.17, 15) is 0 Å². The van der Waals surface area contributed by atoms with Crippen molar-refractivity contribution in [3.8, 4) is 0 Å². The van der Waals surface area contributed by atoms with Gasteiger partial charge in [0.15, 0.2) is 5.79 Å². The molecule has 2 fully saturated rings. The van der Waals surface area contributed by atoms with E-state index in [1.54, 1.807) is 7.11 Å². The molecular weight excluding hydrogens is 298 g/mol. The Hall–Kier alpha value is 0.190. The lowest BCUT2D eigenvalue weighted by atomic mass is 9.73. The summed E-state index contributed by atoms with van der Waals surface area (Å²) in [5.41, 5.74) is -0.106. The van der Waals surface area contributed by atoms with E-state index in [0.29, 0.717) is 19.8 Å².